The Morgan fingerprint density at radius 1 is 1.53 bits per heavy atom. The Morgan fingerprint density at radius 2 is 2.41 bits per heavy atom. The molecule has 2 aromatic rings. The van der Waals surface area contributed by atoms with Gasteiger partial charge in [0.1, 0.15) is 17.8 Å². The highest BCUT2D eigenvalue weighted by Gasteiger charge is 2.06. The van der Waals surface area contributed by atoms with E-state index in [1.807, 2.05) is 0 Å². The second-order valence-electron chi connectivity index (χ2n) is 3.52. The molecule has 1 amide bonds. The van der Waals surface area contributed by atoms with Gasteiger partial charge in [-0.3, -0.25) is 9.89 Å². The van der Waals surface area contributed by atoms with E-state index in [1.54, 1.807) is 12.3 Å². The molecule has 0 saturated carbocycles. The Kier molecular flexibility index (Phi) is 3.92. The number of carbonyl (C=O) groups excluding carboxylic acids is 1. The van der Waals surface area contributed by atoms with Crippen LogP contribution in [0.5, 0.6) is 0 Å². The monoisotopic (exact) mass is 297 g/mol. The first-order valence-electron chi connectivity index (χ1n) is 5.22. The lowest BCUT2D eigenvalue weighted by Crippen LogP contribution is -2.25. The third-order valence-corrected chi connectivity index (χ3v) is 2.69. The highest BCUT2D eigenvalue weighted by Crippen LogP contribution is 2.10. The molecule has 0 aromatic carbocycles. The zero-order valence-electron chi connectivity index (χ0n) is 9.03. The zero-order chi connectivity index (χ0) is 12.1. The van der Waals surface area contributed by atoms with Crippen LogP contribution >= 0.6 is 15.9 Å². The molecule has 6 nitrogen and oxygen atoms in total. The van der Waals surface area contributed by atoms with Crippen LogP contribution in [0.2, 0.25) is 0 Å². The molecular formula is C10H12BrN5O. The van der Waals surface area contributed by atoms with Crippen LogP contribution in [-0.2, 0) is 6.42 Å². The topological polar surface area (TPSA) is 86.5 Å². The Labute approximate surface area is 106 Å². The summed E-state index contributed by atoms with van der Waals surface area (Å²) in [5, 5.41) is 9.35. The second kappa shape index (κ2) is 5.62. The number of amides is 1. The van der Waals surface area contributed by atoms with Gasteiger partial charge in [0.05, 0.1) is 0 Å². The van der Waals surface area contributed by atoms with Gasteiger partial charge in [-0.15, -0.1) is 0 Å². The summed E-state index contributed by atoms with van der Waals surface area (Å²) in [6.07, 6.45) is 4.80. The molecule has 2 heterocycles. The van der Waals surface area contributed by atoms with Gasteiger partial charge in [-0.2, -0.15) is 5.10 Å². The van der Waals surface area contributed by atoms with E-state index in [2.05, 4.69) is 41.4 Å². The van der Waals surface area contributed by atoms with E-state index >= 15 is 0 Å². The number of hydrogen-bond donors (Lipinski definition) is 3. The number of H-pyrrole nitrogens is 2. The fourth-order valence-corrected chi connectivity index (χ4v) is 1.75. The van der Waals surface area contributed by atoms with Gasteiger partial charge in [-0.25, -0.2) is 4.98 Å². The number of aromatic nitrogens is 4. The molecule has 17 heavy (non-hydrogen) atoms. The Bertz CT molecular complexity index is 479. The van der Waals surface area contributed by atoms with Crippen LogP contribution in [0, 0.1) is 0 Å². The second-order valence-corrected chi connectivity index (χ2v) is 4.44. The average molecular weight is 298 g/mol. The van der Waals surface area contributed by atoms with Crippen molar-refractivity contribution in [3.05, 3.63) is 34.6 Å². The molecule has 0 aliphatic rings. The van der Waals surface area contributed by atoms with Crippen LogP contribution in [-0.4, -0.2) is 32.6 Å². The molecule has 3 N–H and O–H groups in total. The molecule has 2 rings (SSSR count). The summed E-state index contributed by atoms with van der Waals surface area (Å²) in [6.45, 7) is 0.607. The molecule has 0 bridgehead atoms. The van der Waals surface area contributed by atoms with Crippen molar-refractivity contribution in [2.75, 3.05) is 6.54 Å². The lowest BCUT2D eigenvalue weighted by atomic mass is 10.3. The van der Waals surface area contributed by atoms with E-state index < -0.39 is 0 Å². The first-order chi connectivity index (χ1) is 8.25. The van der Waals surface area contributed by atoms with Crippen molar-refractivity contribution in [1.82, 2.24) is 25.5 Å². The molecule has 0 aliphatic heterocycles. The van der Waals surface area contributed by atoms with E-state index in [-0.39, 0.29) is 5.91 Å². The van der Waals surface area contributed by atoms with Crippen LogP contribution in [0.3, 0.4) is 0 Å². The molecule has 0 unspecified atom stereocenters. The summed E-state index contributed by atoms with van der Waals surface area (Å²) in [5.74, 6) is 0.732. The summed E-state index contributed by atoms with van der Waals surface area (Å²) in [7, 11) is 0. The van der Waals surface area contributed by atoms with Gasteiger partial charge >= 0.3 is 0 Å². The third-order valence-electron chi connectivity index (χ3n) is 2.23. The highest BCUT2D eigenvalue weighted by atomic mass is 79.9. The van der Waals surface area contributed by atoms with Gasteiger partial charge in [-0.1, -0.05) is 0 Å². The number of halogens is 1. The molecule has 0 fully saturated rings. The van der Waals surface area contributed by atoms with Crippen molar-refractivity contribution >= 4 is 21.8 Å². The minimum absolute atomic E-state index is 0.103. The van der Waals surface area contributed by atoms with Crippen molar-refractivity contribution in [2.24, 2.45) is 0 Å². The Balaban J connectivity index is 1.70. The Hall–Kier alpha value is -1.63. The van der Waals surface area contributed by atoms with Gasteiger partial charge in [0.15, 0.2) is 0 Å². The predicted molar refractivity (Wildman–Crippen MR) is 65.5 cm³/mol. The van der Waals surface area contributed by atoms with Gasteiger partial charge < -0.3 is 10.3 Å². The summed E-state index contributed by atoms with van der Waals surface area (Å²) in [5.41, 5.74) is 0.552. The van der Waals surface area contributed by atoms with Crippen molar-refractivity contribution < 1.29 is 4.79 Å². The molecular weight excluding hydrogens is 286 g/mol. The third kappa shape index (κ3) is 3.42. The first-order valence-corrected chi connectivity index (χ1v) is 6.01. The van der Waals surface area contributed by atoms with Gasteiger partial charge in [0.25, 0.3) is 5.91 Å². The van der Waals surface area contributed by atoms with Gasteiger partial charge in [-0.05, 0) is 28.4 Å². The maximum atomic E-state index is 11.6. The Morgan fingerprint density at radius 3 is 3.06 bits per heavy atom. The quantitative estimate of drug-likeness (QED) is 0.726. The number of aromatic amines is 2. The molecule has 7 heteroatoms. The summed E-state index contributed by atoms with van der Waals surface area (Å²) in [6, 6.07) is 1.74. The summed E-state index contributed by atoms with van der Waals surface area (Å²) in [4.78, 5) is 18.5. The van der Waals surface area contributed by atoms with Crippen LogP contribution in [0.25, 0.3) is 0 Å². The van der Waals surface area contributed by atoms with Crippen molar-refractivity contribution in [3.8, 4) is 0 Å². The standard InChI is InChI=1S/C10H12BrN5O/c11-7-4-8(13-5-7)10(17)12-3-1-2-9-14-6-15-16-9/h4-6,13H,1-3H2,(H,12,17)(H,14,15,16). The number of nitrogens with zero attached hydrogens (tertiary/aromatic N) is 2. The van der Waals surface area contributed by atoms with Crippen LogP contribution in [0.1, 0.15) is 22.7 Å². The van der Waals surface area contributed by atoms with Crippen molar-refractivity contribution in [1.29, 1.82) is 0 Å². The normalized spacial score (nSPS) is 10.4. The average Bonchev–Trinajstić information content (AvgIpc) is 2.95. The maximum Gasteiger partial charge on any atom is 0.267 e. The van der Waals surface area contributed by atoms with Crippen LogP contribution in [0.15, 0.2) is 23.1 Å². The van der Waals surface area contributed by atoms with E-state index in [0.29, 0.717) is 12.2 Å². The predicted octanol–water partition coefficient (Wildman–Crippen LogP) is 1.26. The van der Waals surface area contributed by atoms with Crippen LogP contribution < -0.4 is 5.32 Å². The molecule has 2 aromatic heterocycles. The molecule has 0 spiro atoms. The molecule has 0 atom stereocenters. The van der Waals surface area contributed by atoms with Gasteiger partial charge in [0.2, 0.25) is 0 Å². The first kappa shape index (κ1) is 11.8. The number of rotatable bonds is 5. The molecule has 0 radical (unpaired) electrons. The van der Waals surface area contributed by atoms with E-state index in [1.165, 1.54) is 6.33 Å². The summed E-state index contributed by atoms with van der Waals surface area (Å²) < 4.78 is 0.865. The van der Waals surface area contributed by atoms with Crippen LogP contribution in [0.4, 0.5) is 0 Å². The van der Waals surface area contributed by atoms with E-state index in [9.17, 15) is 4.79 Å². The fraction of sp³-hybridized carbons (Fsp3) is 0.300. The zero-order valence-corrected chi connectivity index (χ0v) is 10.6. The smallest absolute Gasteiger partial charge is 0.267 e. The molecule has 90 valence electrons. The minimum atomic E-state index is -0.103. The van der Waals surface area contributed by atoms with E-state index in [0.717, 1.165) is 23.1 Å². The highest BCUT2D eigenvalue weighted by molar-refractivity contribution is 9.10. The lowest BCUT2D eigenvalue weighted by molar-refractivity contribution is 0.0949. The maximum absolute atomic E-state index is 11.6. The molecule has 0 aliphatic carbocycles. The number of carbonyl (C=O) groups is 1. The van der Waals surface area contributed by atoms with Crippen molar-refractivity contribution in [2.45, 2.75) is 12.8 Å². The SMILES string of the molecule is O=C(NCCCc1ncn[nH]1)c1cc(Br)c[nH]1. The number of nitrogens with one attached hydrogen (secondary N) is 3. The summed E-state index contributed by atoms with van der Waals surface area (Å²) >= 11 is 3.28. The number of aryl methyl sites for hydroxylation is 1. The van der Waals surface area contributed by atoms with Gasteiger partial charge in [0, 0.05) is 23.6 Å². The van der Waals surface area contributed by atoms with Crippen molar-refractivity contribution in [3.63, 3.8) is 0 Å². The lowest BCUT2D eigenvalue weighted by Gasteiger charge is -2.02. The fourth-order valence-electron chi connectivity index (χ4n) is 1.40. The minimum Gasteiger partial charge on any atom is -0.356 e. The number of hydrogen-bond acceptors (Lipinski definition) is 3. The largest absolute Gasteiger partial charge is 0.356 e. The van der Waals surface area contributed by atoms with E-state index in [4.69, 9.17) is 0 Å². The molecule has 0 saturated heterocycles.